The molecule has 1 saturated carbocycles. The van der Waals surface area contributed by atoms with Gasteiger partial charge in [0.15, 0.2) is 0 Å². The van der Waals surface area contributed by atoms with Gasteiger partial charge >= 0.3 is 0 Å². The van der Waals surface area contributed by atoms with E-state index >= 15 is 0 Å². The van der Waals surface area contributed by atoms with Gasteiger partial charge in [0.1, 0.15) is 0 Å². The minimum atomic E-state index is -3.47. The number of rotatable bonds is 6. The maximum Gasteiger partial charge on any atom is 0.243 e. The third-order valence-corrected chi connectivity index (χ3v) is 6.06. The lowest BCUT2D eigenvalue weighted by molar-refractivity contribution is 0.281. The molecule has 0 aliphatic heterocycles. The SMILES string of the molecule is CCc1ccc(CO)cc1S(=O)(=O)N(C)CC1CC1C. The van der Waals surface area contributed by atoms with Gasteiger partial charge in [-0.3, -0.25) is 0 Å². The van der Waals surface area contributed by atoms with Crippen molar-refractivity contribution in [1.29, 1.82) is 0 Å². The van der Waals surface area contributed by atoms with Crippen molar-refractivity contribution in [3.05, 3.63) is 29.3 Å². The van der Waals surface area contributed by atoms with Crippen LogP contribution < -0.4 is 0 Å². The molecular formula is C15H23NO3S. The molecule has 112 valence electrons. The second-order valence-corrected chi connectivity index (χ2v) is 7.73. The fourth-order valence-corrected chi connectivity index (χ4v) is 4.05. The van der Waals surface area contributed by atoms with Crippen LogP contribution in [0.25, 0.3) is 0 Å². The second kappa shape index (κ2) is 5.84. The first-order valence-electron chi connectivity index (χ1n) is 7.09. The molecular weight excluding hydrogens is 274 g/mol. The summed E-state index contributed by atoms with van der Waals surface area (Å²) in [5, 5.41) is 9.21. The van der Waals surface area contributed by atoms with Crippen molar-refractivity contribution >= 4 is 10.0 Å². The standard InChI is InChI=1S/C15H23NO3S/c1-4-13-6-5-12(10-17)8-15(13)20(18,19)16(3)9-14-7-11(14)2/h5-6,8,11,14,17H,4,7,9-10H2,1-3H3. The summed E-state index contributed by atoms with van der Waals surface area (Å²) in [6, 6.07) is 5.17. The minimum absolute atomic E-state index is 0.143. The van der Waals surface area contributed by atoms with Gasteiger partial charge in [0.25, 0.3) is 0 Å². The highest BCUT2D eigenvalue weighted by atomic mass is 32.2. The van der Waals surface area contributed by atoms with E-state index in [1.807, 2.05) is 6.92 Å². The molecule has 1 aromatic rings. The van der Waals surface area contributed by atoms with E-state index in [9.17, 15) is 13.5 Å². The number of hydrogen-bond donors (Lipinski definition) is 1. The van der Waals surface area contributed by atoms with Gasteiger partial charge < -0.3 is 5.11 Å². The summed E-state index contributed by atoms with van der Waals surface area (Å²) < 4.78 is 26.8. The second-order valence-electron chi connectivity index (χ2n) is 5.71. The first-order valence-corrected chi connectivity index (χ1v) is 8.53. The van der Waals surface area contributed by atoms with Crippen molar-refractivity contribution in [3.63, 3.8) is 0 Å². The smallest absolute Gasteiger partial charge is 0.243 e. The van der Waals surface area contributed by atoms with Crippen LogP contribution in [0.1, 0.15) is 31.4 Å². The predicted molar refractivity (Wildman–Crippen MR) is 78.8 cm³/mol. The van der Waals surface area contributed by atoms with E-state index < -0.39 is 10.0 Å². The van der Waals surface area contributed by atoms with Gasteiger partial charge in [-0.1, -0.05) is 26.0 Å². The highest BCUT2D eigenvalue weighted by Crippen LogP contribution is 2.39. The Morgan fingerprint density at radius 3 is 2.55 bits per heavy atom. The molecule has 1 N–H and O–H groups in total. The summed E-state index contributed by atoms with van der Waals surface area (Å²) >= 11 is 0. The van der Waals surface area contributed by atoms with E-state index in [0.29, 0.717) is 35.3 Å². The maximum absolute atomic E-state index is 12.7. The van der Waals surface area contributed by atoms with Crippen LogP contribution in [0, 0.1) is 11.8 Å². The van der Waals surface area contributed by atoms with Gasteiger partial charge in [-0.25, -0.2) is 12.7 Å². The van der Waals surface area contributed by atoms with Gasteiger partial charge in [-0.15, -0.1) is 0 Å². The third kappa shape index (κ3) is 3.05. The molecule has 1 aliphatic carbocycles. The molecule has 0 bridgehead atoms. The lowest BCUT2D eigenvalue weighted by Gasteiger charge is -2.19. The molecule has 0 amide bonds. The van der Waals surface area contributed by atoms with Gasteiger partial charge in [-0.2, -0.15) is 0 Å². The van der Waals surface area contributed by atoms with Crippen LogP contribution in [0.2, 0.25) is 0 Å². The number of sulfonamides is 1. The average molecular weight is 297 g/mol. The van der Waals surface area contributed by atoms with E-state index in [2.05, 4.69) is 6.92 Å². The summed E-state index contributed by atoms with van der Waals surface area (Å²) in [4.78, 5) is 0.336. The number of aliphatic hydroxyl groups is 1. The van der Waals surface area contributed by atoms with E-state index in [1.165, 1.54) is 4.31 Å². The highest BCUT2D eigenvalue weighted by molar-refractivity contribution is 7.89. The number of hydrogen-bond acceptors (Lipinski definition) is 3. The third-order valence-electron chi connectivity index (χ3n) is 4.15. The largest absolute Gasteiger partial charge is 0.392 e. The van der Waals surface area contributed by atoms with E-state index in [1.54, 1.807) is 25.2 Å². The molecule has 1 fully saturated rings. The summed E-state index contributed by atoms with van der Waals surface area (Å²) in [6.07, 6.45) is 1.77. The lowest BCUT2D eigenvalue weighted by atomic mass is 10.1. The molecule has 0 radical (unpaired) electrons. The van der Waals surface area contributed by atoms with E-state index in [-0.39, 0.29) is 6.61 Å². The number of benzene rings is 1. The maximum atomic E-state index is 12.7. The Balaban J connectivity index is 2.31. The van der Waals surface area contributed by atoms with Crippen molar-refractivity contribution in [3.8, 4) is 0 Å². The molecule has 2 rings (SSSR count). The number of aliphatic hydroxyl groups excluding tert-OH is 1. The molecule has 2 unspecified atom stereocenters. The number of aryl methyl sites for hydroxylation is 1. The molecule has 4 nitrogen and oxygen atoms in total. The molecule has 5 heteroatoms. The van der Waals surface area contributed by atoms with Crippen LogP contribution >= 0.6 is 0 Å². The molecule has 2 atom stereocenters. The van der Waals surface area contributed by atoms with Crippen molar-refractivity contribution in [2.75, 3.05) is 13.6 Å². The predicted octanol–water partition coefficient (Wildman–Crippen LogP) is 2.02. The molecule has 1 aliphatic rings. The summed E-state index contributed by atoms with van der Waals surface area (Å²) in [5.41, 5.74) is 1.44. The van der Waals surface area contributed by atoms with Gasteiger partial charge in [0.2, 0.25) is 10.0 Å². The summed E-state index contributed by atoms with van der Waals surface area (Å²) in [5.74, 6) is 1.11. The first kappa shape index (κ1) is 15.5. The zero-order valence-corrected chi connectivity index (χ0v) is 13.2. The van der Waals surface area contributed by atoms with Gasteiger partial charge in [-0.05, 0) is 41.9 Å². The van der Waals surface area contributed by atoms with Crippen LogP contribution in [-0.2, 0) is 23.1 Å². The Morgan fingerprint density at radius 1 is 1.40 bits per heavy atom. The van der Waals surface area contributed by atoms with E-state index in [4.69, 9.17) is 0 Å². The summed E-state index contributed by atoms with van der Waals surface area (Å²) in [7, 11) is -1.83. The fourth-order valence-electron chi connectivity index (χ4n) is 2.48. The van der Waals surface area contributed by atoms with Gasteiger partial charge in [0.05, 0.1) is 11.5 Å². The monoisotopic (exact) mass is 297 g/mol. The van der Waals surface area contributed by atoms with Crippen molar-refractivity contribution in [1.82, 2.24) is 4.31 Å². The Morgan fingerprint density at radius 2 is 2.05 bits per heavy atom. The molecule has 20 heavy (non-hydrogen) atoms. The summed E-state index contributed by atoms with van der Waals surface area (Å²) in [6.45, 7) is 4.52. The normalized spacial score (nSPS) is 22.2. The first-order chi connectivity index (χ1) is 9.40. The Hall–Kier alpha value is -0.910. The van der Waals surface area contributed by atoms with Crippen molar-refractivity contribution in [2.24, 2.45) is 11.8 Å². The van der Waals surface area contributed by atoms with Crippen LogP contribution in [0.3, 0.4) is 0 Å². The van der Waals surface area contributed by atoms with Crippen molar-refractivity contribution in [2.45, 2.75) is 38.2 Å². The zero-order chi connectivity index (χ0) is 14.9. The average Bonchev–Trinajstić information content (AvgIpc) is 3.13. The quantitative estimate of drug-likeness (QED) is 0.874. The topological polar surface area (TPSA) is 57.6 Å². The minimum Gasteiger partial charge on any atom is -0.392 e. The molecule has 0 aromatic heterocycles. The number of nitrogens with zero attached hydrogens (tertiary/aromatic N) is 1. The van der Waals surface area contributed by atoms with Crippen molar-refractivity contribution < 1.29 is 13.5 Å². The van der Waals surface area contributed by atoms with Crippen LogP contribution in [0.4, 0.5) is 0 Å². The van der Waals surface area contributed by atoms with Crippen LogP contribution in [-0.4, -0.2) is 31.4 Å². The van der Waals surface area contributed by atoms with Crippen LogP contribution in [0.15, 0.2) is 23.1 Å². The Kier molecular flexibility index (Phi) is 4.52. The van der Waals surface area contributed by atoms with Gasteiger partial charge in [0, 0.05) is 13.6 Å². The Labute approximate surface area is 121 Å². The fraction of sp³-hybridized carbons (Fsp3) is 0.600. The highest BCUT2D eigenvalue weighted by Gasteiger charge is 2.36. The van der Waals surface area contributed by atoms with E-state index in [0.717, 1.165) is 12.0 Å². The molecule has 0 saturated heterocycles. The van der Waals surface area contributed by atoms with Crippen LogP contribution in [0.5, 0.6) is 0 Å². The molecule has 0 heterocycles. The molecule has 1 aromatic carbocycles. The lowest BCUT2D eigenvalue weighted by Crippen LogP contribution is -2.30. The Bertz CT molecular complexity index is 583. The molecule has 0 spiro atoms. The zero-order valence-electron chi connectivity index (χ0n) is 12.3.